The molecule has 2 N–H and O–H groups in total. The van der Waals surface area contributed by atoms with Crippen LogP contribution in [0.4, 0.5) is 15.3 Å². The molecule has 0 saturated heterocycles. The quantitative estimate of drug-likeness (QED) is 0.171. The Balaban J connectivity index is 1.24. The fraction of sp³-hybridized carbons (Fsp3) is 0.133. The maximum Gasteiger partial charge on any atom is 0.414 e. The standard InChI is InChI=1S/C30H25N3O6/c34-29(38-19-27-25-12-6-4-10-23(25)24-11-5-7-13-26(24)27)31-28(18-20-8-2-1-3-9-20)32-30(35)39-22-16-14-21(15-17-22)33(36)37/h1-17,27-28H,18-19H2,(H,31,34)(H,32,35)/t28-/m0/s1. The highest BCUT2D eigenvalue weighted by Gasteiger charge is 2.29. The summed E-state index contributed by atoms with van der Waals surface area (Å²) >= 11 is 0. The maximum atomic E-state index is 12.9. The Labute approximate surface area is 224 Å². The van der Waals surface area contributed by atoms with E-state index in [4.69, 9.17) is 9.47 Å². The molecule has 39 heavy (non-hydrogen) atoms. The molecule has 9 heteroatoms. The summed E-state index contributed by atoms with van der Waals surface area (Å²) < 4.78 is 10.9. The number of non-ortho nitro benzene ring substituents is 1. The number of alkyl carbamates (subject to hydrolysis) is 1. The number of benzene rings is 4. The van der Waals surface area contributed by atoms with Crippen molar-refractivity contribution in [2.24, 2.45) is 0 Å². The predicted molar refractivity (Wildman–Crippen MR) is 144 cm³/mol. The number of nitro groups is 1. The topological polar surface area (TPSA) is 120 Å². The molecule has 4 aromatic rings. The van der Waals surface area contributed by atoms with Gasteiger partial charge in [0, 0.05) is 24.5 Å². The van der Waals surface area contributed by atoms with Crippen LogP contribution in [0.15, 0.2) is 103 Å². The monoisotopic (exact) mass is 523 g/mol. The normalized spacial score (nSPS) is 12.5. The van der Waals surface area contributed by atoms with Crippen molar-refractivity contribution in [3.8, 4) is 16.9 Å². The highest BCUT2D eigenvalue weighted by molar-refractivity contribution is 5.79. The van der Waals surface area contributed by atoms with Crippen molar-refractivity contribution in [1.82, 2.24) is 10.6 Å². The lowest BCUT2D eigenvalue weighted by atomic mass is 9.98. The summed E-state index contributed by atoms with van der Waals surface area (Å²) in [5.74, 6) is 0.0217. The number of hydrogen-bond donors (Lipinski definition) is 2. The number of nitrogens with one attached hydrogen (secondary N) is 2. The van der Waals surface area contributed by atoms with Crippen molar-refractivity contribution in [3.63, 3.8) is 0 Å². The molecule has 0 unspecified atom stereocenters. The maximum absolute atomic E-state index is 12.9. The molecule has 4 aromatic carbocycles. The van der Waals surface area contributed by atoms with Gasteiger partial charge in [-0.2, -0.15) is 0 Å². The van der Waals surface area contributed by atoms with E-state index in [1.807, 2.05) is 66.7 Å². The lowest BCUT2D eigenvalue weighted by Crippen LogP contribution is -2.50. The van der Waals surface area contributed by atoms with Crippen LogP contribution in [0.3, 0.4) is 0 Å². The molecule has 0 heterocycles. The van der Waals surface area contributed by atoms with E-state index in [1.54, 1.807) is 0 Å². The summed E-state index contributed by atoms with van der Waals surface area (Å²) in [6, 6.07) is 30.5. The van der Waals surface area contributed by atoms with Crippen molar-refractivity contribution in [1.29, 1.82) is 0 Å². The second kappa shape index (κ2) is 11.5. The number of carbonyl (C=O) groups is 2. The highest BCUT2D eigenvalue weighted by atomic mass is 16.6. The molecule has 5 rings (SSSR count). The van der Waals surface area contributed by atoms with Crippen LogP contribution in [0.25, 0.3) is 11.1 Å². The summed E-state index contributed by atoms with van der Waals surface area (Å²) in [5.41, 5.74) is 5.19. The van der Waals surface area contributed by atoms with E-state index in [-0.39, 0.29) is 30.4 Å². The number of ether oxygens (including phenoxy) is 2. The van der Waals surface area contributed by atoms with Crippen molar-refractivity contribution < 1.29 is 24.0 Å². The Morgan fingerprint density at radius 3 is 1.95 bits per heavy atom. The fourth-order valence-electron chi connectivity index (χ4n) is 4.68. The van der Waals surface area contributed by atoms with E-state index in [0.717, 1.165) is 27.8 Å². The minimum atomic E-state index is -0.839. The molecule has 0 radical (unpaired) electrons. The van der Waals surface area contributed by atoms with E-state index < -0.39 is 23.3 Å². The second-order valence-corrected chi connectivity index (χ2v) is 9.00. The van der Waals surface area contributed by atoms with Crippen LogP contribution in [0, 0.1) is 10.1 Å². The Kier molecular flexibility index (Phi) is 7.49. The number of hydrogen-bond acceptors (Lipinski definition) is 6. The first-order valence-electron chi connectivity index (χ1n) is 12.4. The van der Waals surface area contributed by atoms with Gasteiger partial charge in [0.05, 0.1) is 4.92 Å². The Morgan fingerprint density at radius 2 is 1.33 bits per heavy atom. The van der Waals surface area contributed by atoms with Gasteiger partial charge in [-0.3, -0.25) is 10.1 Å². The molecule has 196 valence electrons. The molecular weight excluding hydrogens is 498 g/mol. The first kappa shape index (κ1) is 25.5. The molecule has 9 nitrogen and oxygen atoms in total. The number of nitro benzene ring substituents is 1. The minimum Gasteiger partial charge on any atom is -0.449 e. The molecule has 0 saturated carbocycles. The summed E-state index contributed by atoms with van der Waals surface area (Å²) in [7, 11) is 0. The van der Waals surface area contributed by atoms with Gasteiger partial charge in [0.25, 0.3) is 5.69 Å². The van der Waals surface area contributed by atoms with Crippen LogP contribution in [-0.4, -0.2) is 29.9 Å². The zero-order valence-corrected chi connectivity index (χ0v) is 20.8. The smallest absolute Gasteiger partial charge is 0.414 e. The zero-order chi connectivity index (χ0) is 27.2. The first-order chi connectivity index (χ1) is 19.0. The van der Waals surface area contributed by atoms with Crippen molar-refractivity contribution in [3.05, 3.63) is 130 Å². The number of fused-ring (bicyclic) bond motifs is 3. The molecule has 0 bridgehead atoms. The Bertz CT molecular complexity index is 1440. The minimum absolute atomic E-state index is 0.101. The predicted octanol–water partition coefficient (Wildman–Crippen LogP) is 5.79. The van der Waals surface area contributed by atoms with E-state index in [0.29, 0.717) is 0 Å². The van der Waals surface area contributed by atoms with Gasteiger partial charge in [0.2, 0.25) is 0 Å². The zero-order valence-electron chi connectivity index (χ0n) is 20.8. The van der Waals surface area contributed by atoms with Crippen molar-refractivity contribution >= 4 is 17.9 Å². The third-order valence-corrected chi connectivity index (χ3v) is 6.47. The summed E-state index contributed by atoms with van der Waals surface area (Å²) in [4.78, 5) is 35.8. The molecule has 1 aliphatic rings. The fourth-order valence-corrected chi connectivity index (χ4v) is 4.68. The van der Waals surface area contributed by atoms with E-state index in [9.17, 15) is 19.7 Å². The summed E-state index contributed by atoms with van der Waals surface area (Å²) in [6.45, 7) is 0.130. The van der Waals surface area contributed by atoms with Gasteiger partial charge in [-0.15, -0.1) is 0 Å². The van der Waals surface area contributed by atoms with Crippen LogP contribution in [0.5, 0.6) is 5.75 Å². The number of amides is 2. The molecule has 0 spiro atoms. The SMILES string of the molecule is O=C(N[C@H](Cc1ccccc1)NC(=O)Oc1ccc([N+](=O)[O-])cc1)OCC1c2ccccc2-c2ccccc21. The van der Waals surface area contributed by atoms with Crippen molar-refractivity contribution in [2.75, 3.05) is 6.61 Å². The van der Waals surface area contributed by atoms with Crippen LogP contribution >= 0.6 is 0 Å². The summed E-state index contributed by atoms with van der Waals surface area (Å²) in [5, 5.41) is 16.2. The Hall–Kier alpha value is -5.18. The van der Waals surface area contributed by atoms with Crippen LogP contribution in [0.2, 0.25) is 0 Å². The lowest BCUT2D eigenvalue weighted by molar-refractivity contribution is -0.384. The molecule has 2 amide bonds. The van der Waals surface area contributed by atoms with Crippen molar-refractivity contribution in [2.45, 2.75) is 18.5 Å². The van der Waals surface area contributed by atoms with Crippen LogP contribution in [-0.2, 0) is 11.2 Å². The van der Waals surface area contributed by atoms with Gasteiger partial charge in [-0.05, 0) is 39.9 Å². The number of carbonyl (C=O) groups excluding carboxylic acids is 2. The molecular formula is C30H25N3O6. The molecule has 0 fully saturated rings. The van der Waals surface area contributed by atoms with Crippen LogP contribution in [0.1, 0.15) is 22.6 Å². The van der Waals surface area contributed by atoms with Crippen LogP contribution < -0.4 is 15.4 Å². The Morgan fingerprint density at radius 1 is 0.769 bits per heavy atom. The molecule has 1 aliphatic carbocycles. The third kappa shape index (κ3) is 6.04. The van der Waals surface area contributed by atoms with Gasteiger partial charge in [-0.25, -0.2) is 9.59 Å². The first-order valence-corrected chi connectivity index (χ1v) is 12.4. The highest BCUT2D eigenvalue weighted by Crippen LogP contribution is 2.44. The average molecular weight is 524 g/mol. The van der Waals surface area contributed by atoms with E-state index in [2.05, 4.69) is 22.8 Å². The van der Waals surface area contributed by atoms with Gasteiger partial charge < -0.3 is 20.1 Å². The van der Waals surface area contributed by atoms with Gasteiger partial charge >= 0.3 is 12.2 Å². The van der Waals surface area contributed by atoms with Gasteiger partial charge in [0.1, 0.15) is 18.5 Å². The molecule has 1 atom stereocenters. The van der Waals surface area contributed by atoms with Gasteiger partial charge in [0.15, 0.2) is 0 Å². The number of nitrogens with zero attached hydrogens (tertiary/aromatic N) is 1. The van der Waals surface area contributed by atoms with Gasteiger partial charge in [-0.1, -0.05) is 78.9 Å². The second-order valence-electron chi connectivity index (χ2n) is 9.00. The number of rotatable bonds is 8. The molecule has 0 aromatic heterocycles. The van der Waals surface area contributed by atoms with E-state index in [1.165, 1.54) is 24.3 Å². The third-order valence-electron chi connectivity index (χ3n) is 6.47. The lowest BCUT2D eigenvalue weighted by Gasteiger charge is -2.21. The van der Waals surface area contributed by atoms with E-state index >= 15 is 0 Å². The summed E-state index contributed by atoms with van der Waals surface area (Å²) in [6.07, 6.45) is -2.08. The largest absolute Gasteiger partial charge is 0.449 e. The molecule has 0 aliphatic heterocycles. The average Bonchev–Trinajstić information content (AvgIpc) is 3.26.